The molecular weight excluding hydrogens is 150 g/mol. The van der Waals surface area contributed by atoms with Crippen molar-refractivity contribution >= 4 is 0 Å². The van der Waals surface area contributed by atoms with Gasteiger partial charge >= 0.3 is 0 Å². The van der Waals surface area contributed by atoms with Crippen LogP contribution < -0.4 is 0 Å². The summed E-state index contributed by atoms with van der Waals surface area (Å²) < 4.78 is 1.86. The number of hydrogen-bond donors (Lipinski definition) is 0. The lowest BCUT2D eigenvalue weighted by Crippen LogP contribution is -2.44. The van der Waals surface area contributed by atoms with Crippen LogP contribution in [0.5, 0.6) is 0 Å². The first-order chi connectivity index (χ1) is 5.74. The first kappa shape index (κ1) is 7.80. The van der Waals surface area contributed by atoms with E-state index in [4.69, 9.17) is 0 Å². The summed E-state index contributed by atoms with van der Waals surface area (Å²) >= 11 is 0. The Kier molecular flexibility index (Phi) is 1.89. The Morgan fingerprint density at radius 3 is 2.83 bits per heavy atom. The SMILES string of the molecule is CC1CN(Cc2ccn(C)n2)C1. The molecular formula is C9H15N3. The molecule has 0 unspecified atom stereocenters. The quantitative estimate of drug-likeness (QED) is 0.648. The van der Waals surface area contributed by atoms with Crippen LogP contribution in [0, 0.1) is 5.92 Å². The van der Waals surface area contributed by atoms with E-state index in [2.05, 4.69) is 23.0 Å². The highest BCUT2D eigenvalue weighted by molar-refractivity contribution is 4.99. The molecule has 3 nitrogen and oxygen atoms in total. The molecule has 0 amide bonds. The summed E-state index contributed by atoms with van der Waals surface area (Å²) in [6.07, 6.45) is 2.00. The molecule has 0 spiro atoms. The van der Waals surface area contributed by atoms with E-state index in [-0.39, 0.29) is 0 Å². The van der Waals surface area contributed by atoms with Gasteiger partial charge in [-0.25, -0.2) is 0 Å². The standard InChI is InChI=1S/C9H15N3/c1-8-5-12(6-8)7-9-3-4-11(2)10-9/h3-4,8H,5-7H2,1-2H3. The van der Waals surface area contributed by atoms with Crippen LogP contribution in [-0.2, 0) is 13.6 Å². The lowest BCUT2D eigenvalue weighted by molar-refractivity contribution is 0.103. The molecule has 0 radical (unpaired) electrons. The van der Waals surface area contributed by atoms with E-state index in [0.717, 1.165) is 12.5 Å². The lowest BCUT2D eigenvalue weighted by atomic mass is 10.0. The van der Waals surface area contributed by atoms with Gasteiger partial charge in [0.15, 0.2) is 0 Å². The minimum Gasteiger partial charge on any atom is -0.297 e. The molecule has 0 atom stereocenters. The zero-order chi connectivity index (χ0) is 8.55. The second kappa shape index (κ2) is 2.90. The van der Waals surface area contributed by atoms with Gasteiger partial charge in [-0.15, -0.1) is 0 Å². The molecule has 3 heteroatoms. The summed E-state index contributed by atoms with van der Waals surface area (Å²) in [7, 11) is 1.96. The fourth-order valence-corrected chi connectivity index (χ4v) is 1.73. The third-order valence-corrected chi connectivity index (χ3v) is 2.29. The smallest absolute Gasteiger partial charge is 0.0764 e. The van der Waals surface area contributed by atoms with Gasteiger partial charge in [0.25, 0.3) is 0 Å². The molecule has 1 aromatic rings. The minimum atomic E-state index is 0.883. The Labute approximate surface area is 73.0 Å². The third kappa shape index (κ3) is 1.50. The van der Waals surface area contributed by atoms with E-state index >= 15 is 0 Å². The van der Waals surface area contributed by atoms with Crippen LogP contribution in [0.3, 0.4) is 0 Å². The molecule has 0 bridgehead atoms. The van der Waals surface area contributed by atoms with Gasteiger partial charge in [0, 0.05) is 32.9 Å². The topological polar surface area (TPSA) is 21.1 Å². The number of rotatable bonds is 2. The zero-order valence-corrected chi connectivity index (χ0v) is 7.70. The molecule has 2 rings (SSSR count). The predicted molar refractivity (Wildman–Crippen MR) is 47.6 cm³/mol. The summed E-state index contributed by atoms with van der Waals surface area (Å²) in [5.41, 5.74) is 1.18. The Bertz CT molecular complexity index is 260. The van der Waals surface area contributed by atoms with E-state index in [1.165, 1.54) is 18.8 Å². The summed E-state index contributed by atoms with van der Waals surface area (Å²) in [5, 5.41) is 4.33. The highest BCUT2D eigenvalue weighted by Crippen LogP contribution is 2.16. The van der Waals surface area contributed by atoms with E-state index in [1.807, 2.05) is 17.9 Å². The van der Waals surface area contributed by atoms with Gasteiger partial charge in [0.2, 0.25) is 0 Å². The van der Waals surface area contributed by atoms with E-state index in [0.29, 0.717) is 0 Å². The summed E-state index contributed by atoms with van der Waals surface area (Å²) in [4.78, 5) is 2.42. The Balaban J connectivity index is 1.88. The molecule has 0 aromatic carbocycles. The third-order valence-electron chi connectivity index (χ3n) is 2.29. The van der Waals surface area contributed by atoms with Crippen molar-refractivity contribution in [2.75, 3.05) is 13.1 Å². The van der Waals surface area contributed by atoms with Crippen LogP contribution in [0.2, 0.25) is 0 Å². The molecule has 0 aliphatic carbocycles. The Morgan fingerprint density at radius 1 is 1.58 bits per heavy atom. The molecule has 66 valence electrons. The highest BCUT2D eigenvalue weighted by atomic mass is 15.3. The molecule has 12 heavy (non-hydrogen) atoms. The Morgan fingerprint density at radius 2 is 2.33 bits per heavy atom. The maximum Gasteiger partial charge on any atom is 0.0764 e. The van der Waals surface area contributed by atoms with Gasteiger partial charge in [-0.2, -0.15) is 5.10 Å². The normalized spacial score (nSPS) is 19.5. The first-order valence-electron chi connectivity index (χ1n) is 4.45. The monoisotopic (exact) mass is 165 g/mol. The van der Waals surface area contributed by atoms with Gasteiger partial charge < -0.3 is 0 Å². The van der Waals surface area contributed by atoms with Crippen LogP contribution in [0.1, 0.15) is 12.6 Å². The van der Waals surface area contributed by atoms with Crippen molar-refractivity contribution in [3.05, 3.63) is 18.0 Å². The number of aromatic nitrogens is 2. The molecule has 0 N–H and O–H groups in total. The van der Waals surface area contributed by atoms with Gasteiger partial charge in [-0.05, 0) is 12.0 Å². The van der Waals surface area contributed by atoms with Gasteiger partial charge in [0.1, 0.15) is 0 Å². The number of hydrogen-bond acceptors (Lipinski definition) is 2. The molecule has 1 saturated heterocycles. The second-order valence-electron chi connectivity index (χ2n) is 3.78. The highest BCUT2D eigenvalue weighted by Gasteiger charge is 2.22. The van der Waals surface area contributed by atoms with Crippen LogP contribution in [0.15, 0.2) is 12.3 Å². The van der Waals surface area contributed by atoms with E-state index in [1.54, 1.807) is 0 Å². The molecule has 1 fully saturated rings. The average molecular weight is 165 g/mol. The summed E-state index contributed by atoms with van der Waals surface area (Å²) in [6, 6.07) is 2.09. The summed E-state index contributed by atoms with van der Waals surface area (Å²) in [6.45, 7) is 5.77. The van der Waals surface area contributed by atoms with Crippen LogP contribution in [-0.4, -0.2) is 27.8 Å². The van der Waals surface area contributed by atoms with Crippen molar-refractivity contribution in [1.82, 2.24) is 14.7 Å². The molecule has 1 aliphatic rings. The van der Waals surface area contributed by atoms with E-state index < -0.39 is 0 Å². The maximum atomic E-state index is 4.33. The second-order valence-corrected chi connectivity index (χ2v) is 3.78. The van der Waals surface area contributed by atoms with Crippen molar-refractivity contribution in [2.45, 2.75) is 13.5 Å². The number of aryl methyl sites for hydroxylation is 1. The van der Waals surface area contributed by atoms with Gasteiger partial charge in [0.05, 0.1) is 5.69 Å². The summed E-state index contributed by atoms with van der Waals surface area (Å²) in [5.74, 6) is 0.883. The fraction of sp³-hybridized carbons (Fsp3) is 0.667. The van der Waals surface area contributed by atoms with Crippen LogP contribution in [0.4, 0.5) is 0 Å². The zero-order valence-electron chi connectivity index (χ0n) is 7.70. The van der Waals surface area contributed by atoms with Crippen molar-refractivity contribution in [2.24, 2.45) is 13.0 Å². The number of likely N-dealkylation sites (tertiary alicyclic amines) is 1. The van der Waals surface area contributed by atoms with E-state index in [9.17, 15) is 0 Å². The average Bonchev–Trinajstić information content (AvgIpc) is 2.33. The van der Waals surface area contributed by atoms with Crippen molar-refractivity contribution in [3.63, 3.8) is 0 Å². The molecule has 1 aromatic heterocycles. The van der Waals surface area contributed by atoms with Crippen LogP contribution in [0.25, 0.3) is 0 Å². The van der Waals surface area contributed by atoms with Gasteiger partial charge in [-0.3, -0.25) is 9.58 Å². The molecule has 1 aliphatic heterocycles. The van der Waals surface area contributed by atoms with Crippen LogP contribution >= 0.6 is 0 Å². The maximum absolute atomic E-state index is 4.33. The molecule has 0 saturated carbocycles. The minimum absolute atomic E-state index is 0.883. The van der Waals surface area contributed by atoms with Crippen molar-refractivity contribution in [3.8, 4) is 0 Å². The predicted octanol–water partition coefficient (Wildman–Crippen LogP) is 0.872. The van der Waals surface area contributed by atoms with Gasteiger partial charge in [-0.1, -0.05) is 6.92 Å². The number of nitrogens with zero attached hydrogens (tertiary/aromatic N) is 3. The molecule has 2 heterocycles. The van der Waals surface area contributed by atoms with Crippen molar-refractivity contribution < 1.29 is 0 Å². The lowest BCUT2D eigenvalue weighted by Gasteiger charge is -2.36. The van der Waals surface area contributed by atoms with Crippen molar-refractivity contribution in [1.29, 1.82) is 0 Å². The largest absolute Gasteiger partial charge is 0.297 e. The fourth-order valence-electron chi connectivity index (χ4n) is 1.73. The Hall–Kier alpha value is -0.830. The first-order valence-corrected chi connectivity index (χ1v) is 4.45.